The summed E-state index contributed by atoms with van der Waals surface area (Å²) in [6.07, 6.45) is 15.5. The fraction of sp³-hybridized carbons (Fsp3) is 0.238. The summed E-state index contributed by atoms with van der Waals surface area (Å²) >= 11 is 7.81. The van der Waals surface area contributed by atoms with Gasteiger partial charge in [-0.15, -0.1) is 11.3 Å². The van der Waals surface area contributed by atoms with Crippen molar-refractivity contribution in [3.63, 3.8) is 0 Å². The Morgan fingerprint density at radius 1 is 1.44 bits per heavy atom. The Morgan fingerprint density at radius 2 is 2.26 bits per heavy atom. The van der Waals surface area contributed by atoms with Crippen molar-refractivity contribution in [1.82, 2.24) is 14.7 Å². The molecule has 27 heavy (non-hydrogen) atoms. The topological polar surface area (TPSA) is 38.1 Å². The Balaban J connectivity index is 2.03. The number of thiophene rings is 1. The van der Waals surface area contributed by atoms with Crippen LogP contribution < -0.4 is 0 Å². The molecular weight excluding hydrogens is 378 g/mol. The lowest BCUT2D eigenvalue weighted by molar-refractivity contribution is -0.127. The fourth-order valence-electron chi connectivity index (χ4n) is 3.16. The third-order valence-corrected chi connectivity index (χ3v) is 5.71. The lowest BCUT2D eigenvalue weighted by Gasteiger charge is -2.31. The molecule has 0 saturated carbocycles. The molecule has 1 aliphatic rings. The molecule has 0 spiro atoms. The van der Waals surface area contributed by atoms with Crippen molar-refractivity contribution < 1.29 is 4.79 Å². The molecule has 140 valence electrons. The van der Waals surface area contributed by atoms with Crippen LogP contribution >= 0.6 is 22.9 Å². The van der Waals surface area contributed by atoms with E-state index >= 15 is 0 Å². The van der Waals surface area contributed by atoms with E-state index in [9.17, 15) is 4.79 Å². The van der Waals surface area contributed by atoms with Crippen molar-refractivity contribution in [2.24, 2.45) is 7.05 Å². The first-order chi connectivity index (χ1) is 13.0. The van der Waals surface area contributed by atoms with E-state index in [0.717, 1.165) is 20.4 Å². The smallest absolute Gasteiger partial charge is 0.246 e. The average molecular weight is 400 g/mol. The Kier molecular flexibility index (Phi) is 6.14. The van der Waals surface area contributed by atoms with Crippen LogP contribution in [0.5, 0.6) is 0 Å². The number of fused-ring (bicyclic) bond motifs is 1. The minimum absolute atomic E-state index is 0.0593. The van der Waals surface area contributed by atoms with Crippen LogP contribution in [-0.4, -0.2) is 27.1 Å². The first kappa shape index (κ1) is 19.4. The Bertz CT molecular complexity index is 935. The van der Waals surface area contributed by atoms with Crippen LogP contribution in [0.15, 0.2) is 61.5 Å². The summed E-state index contributed by atoms with van der Waals surface area (Å²) in [4.78, 5) is 15.2. The van der Waals surface area contributed by atoms with Gasteiger partial charge in [-0.1, -0.05) is 48.6 Å². The summed E-state index contributed by atoms with van der Waals surface area (Å²) in [5.74, 6) is 0.00261. The number of carbonyl (C=O) groups is 1. The molecule has 0 bridgehead atoms. The largest absolute Gasteiger partial charge is 0.333 e. The predicted molar refractivity (Wildman–Crippen MR) is 113 cm³/mol. The van der Waals surface area contributed by atoms with Gasteiger partial charge in [-0.05, 0) is 30.2 Å². The first-order valence-electron chi connectivity index (χ1n) is 8.71. The highest BCUT2D eigenvalue weighted by molar-refractivity contribution is 7.16. The Labute approximate surface area is 168 Å². The van der Waals surface area contributed by atoms with E-state index in [2.05, 4.69) is 23.8 Å². The van der Waals surface area contributed by atoms with Gasteiger partial charge in [0, 0.05) is 36.1 Å². The van der Waals surface area contributed by atoms with Gasteiger partial charge in [-0.25, -0.2) is 0 Å². The summed E-state index contributed by atoms with van der Waals surface area (Å²) in [5, 5.41) is 4.29. The van der Waals surface area contributed by atoms with E-state index in [1.807, 2.05) is 55.6 Å². The van der Waals surface area contributed by atoms with E-state index in [1.54, 1.807) is 4.68 Å². The molecule has 4 nitrogen and oxygen atoms in total. The Hall–Kier alpha value is -2.37. The second-order valence-corrected chi connectivity index (χ2v) is 8.14. The maximum atomic E-state index is 12.2. The molecule has 6 heteroatoms. The zero-order chi connectivity index (χ0) is 19.4. The van der Waals surface area contributed by atoms with Crippen molar-refractivity contribution in [2.45, 2.75) is 19.4 Å². The third kappa shape index (κ3) is 4.49. The van der Waals surface area contributed by atoms with Gasteiger partial charge < -0.3 is 4.90 Å². The van der Waals surface area contributed by atoms with Gasteiger partial charge in [-0.3, -0.25) is 9.48 Å². The molecule has 1 aliphatic heterocycles. The highest BCUT2D eigenvalue weighted by Gasteiger charge is 2.28. The number of rotatable bonds is 5. The third-order valence-electron chi connectivity index (χ3n) is 4.45. The van der Waals surface area contributed by atoms with E-state index in [-0.39, 0.29) is 11.8 Å². The van der Waals surface area contributed by atoms with Crippen LogP contribution in [0.2, 0.25) is 4.34 Å². The summed E-state index contributed by atoms with van der Waals surface area (Å²) in [6.45, 7) is 6.79. The number of halogens is 1. The van der Waals surface area contributed by atoms with E-state index in [1.165, 1.54) is 23.0 Å². The number of aryl methyl sites for hydroxylation is 1. The molecule has 0 fully saturated rings. The van der Waals surface area contributed by atoms with Gasteiger partial charge in [-0.2, -0.15) is 5.10 Å². The molecule has 0 radical (unpaired) electrons. The van der Waals surface area contributed by atoms with Gasteiger partial charge in [0.05, 0.1) is 17.1 Å². The lowest BCUT2D eigenvalue weighted by atomic mass is 9.91. The highest BCUT2D eigenvalue weighted by atomic mass is 35.5. The number of hydrogen-bond acceptors (Lipinski definition) is 3. The molecule has 1 atom stereocenters. The molecule has 0 aromatic carbocycles. The summed E-state index contributed by atoms with van der Waals surface area (Å²) in [6, 6.07) is 2.02. The van der Waals surface area contributed by atoms with Crippen molar-refractivity contribution >= 4 is 34.4 Å². The molecule has 2 aromatic rings. The highest BCUT2D eigenvalue weighted by Crippen LogP contribution is 2.39. The first-order valence-corrected chi connectivity index (χ1v) is 9.91. The van der Waals surface area contributed by atoms with Crippen LogP contribution in [-0.2, 0) is 18.4 Å². The number of allylic oxidation sites excluding steroid dienone is 5. The molecule has 2 aromatic heterocycles. The van der Waals surface area contributed by atoms with Crippen LogP contribution in [0.3, 0.4) is 0 Å². The van der Waals surface area contributed by atoms with Gasteiger partial charge in [0.2, 0.25) is 5.91 Å². The molecule has 1 amide bonds. The quantitative estimate of drug-likeness (QED) is 0.526. The Morgan fingerprint density at radius 3 is 2.93 bits per heavy atom. The minimum atomic E-state index is -0.0593. The molecule has 3 heterocycles. The second kappa shape index (κ2) is 8.55. The van der Waals surface area contributed by atoms with Gasteiger partial charge in [0.25, 0.3) is 0 Å². The van der Waals surface area contributed by atoms with E-state index < -0.39 is 0 Å². The maximum Gasteiger partial charge on any atom is 0.246 e. The van der Waals surface area contributed by atoms with E-state index in [4.69, 9.17) is 11.6 Å². The van der Waals surface area contributed by atoms with Crippen LogP contribution in [0.25, 0.3) is 5.57 Å². The zero-order valence-electron chi connectivity index (χ0n) is 15.4. The summed E-state index contributed by atoms with van der Waals surface area (Å²) in [5.41, 5.74) is 3.29. The number of nitrogens with zero attached hydrogens (tertiary/aromatic N) is 3. The van der Waals surface area contributed by atoms with Crippen molar-refractivity contribution in [1.29, 1.82) is 0 Å². The van der Waals surface area contributed by atoms with Crippen LogP contribution in [0.4, 0.5) is 0 Å². The summed E-state index contributed by atoms with van der Waals surface area (Å²) in [7, 11) is 1.90. The molecule has 3 rings (SSSR count). The van der Waals surface area contributed by atoms with Gasteiger partial charge >= 0.3 is 0 Å². The minimum Gasteiger partial charge on any atom is -0.333 e. The molecule has 0 saturated heterocycles. The van der Waals surface area contributed by atoms with Crippen molar-refractivity contribution in [3.8, 4) is 0 Å². The van der Waals surface area contributed by atoms with E-state index in [0.29, 0.717) is 13.1 Å². The molecule has 0 unspecified atom stereocenters. The molecule has 0 aliphatic carbocycles. The zero-order valence-corrected chi connectivity index (χ0v) is 17.0. The number of aromatic nitrogens is 2. The molecule has 0 N–H and O–H groups in total. The van der Waals surface area contributed by atoms with Crippen LogP contribution in [0.1, 0.15) is 28.8 Å². The number of amides is 1. The monoisotopic (exact) mass is 399 g/mol. The SMILES string of the molecule is C=CC(=O)N1Cc2sc(Cl)cc2[C@@H](/C=C(/C=C\C=C/C)c2cnn(C)c2)C1. The predicted octanol–water partition coefficient (Wildman–Crippen LogP) is 4.96. The normalized spacial score (nSPS) is 17.7. The molecular formula is C21H22ClN3OS. The summed E-state index contributed by atoms with van der Waals surface area (Å²) < 4.78 is 2.53. The average Bonchev–Trinajstić information content (AvgIpc) is 3.25. The number of carbonyl (C=O) groups excluding carboxylic acids is 1. The second-order valence-electron chi connectivity index (χ2n) is 6.37. The van der Waals surface area contributed by atoms with Crippen molar-refractivity contribution in [3.05, 3.63) is 81.8 Å². The lowest BCUT2D eigenvalue weighted by Crippen LogP contribution is -2.36. The number of hydrogen-bond donors (Lipinski definition) is 0. The van der Waals surface area contributed by atoms with Gasteiger partial charge in [0.1, 0.15) is 0 Å². The maximum absolute atomic E-state index is 12.2. The van der Waals surface area contributed by atoms with Gasteiger partial charge in [0.15, 0.2) is 0 Å². The van der Waals surface area contributed by atoms with Crippen molar-refractivity contribution in [2.75, 3.05) is 6.54 Å². The fourth-order valence-corrected chi connectivity index (χ4v) is 4.53. The standard InChI is InChI=1S/C21H22ClN3OS/c1-4-6-7-8-15(17-11-23-24(3)12-17)9-16-13-25(21(26)5-2)14-19-18(16)10-20(22)27-19/h4-12,16H,2,13-14H2,1,3H3/b6-4-,8-7-,15-9-/t16-/m0/s1. The van der Waals surface area contributed by atoms with Crippen LogP contribution in [0, 0.1) is 0 Å².